The Kier molecular flexibility index (Phi) is 3.76. The summed E-state index contributed by atoms with van der Waals surface area (Å²) in [5, 5.41) is 4.85. The number of nitrogens with one attached hydrogen (secondary N) is 1. The third kappa shape index (κ3) is 2.58. The maximum Gasteiger partial charge on any atom is 0.0453 e. The van der Waals surface area contributed by atoms with Crippen molar-refractivity contribution in [3.05, 3.63) is 69.2 Å². The Hall–Kier alpha value is -1.02. The van der Waals surface area contributed by atoms with E-state index < -0.39 is 0 Å². The van der Waals surface area contributed by atoms with E-state index in [-0.39, 0.29) is 5.41 Å². The molecule has 3 rings (SSSR count). The van der Waals surface area contributed by atoms with Gasteiger partial charge in [0.25, 0.3) is 0 Å². The smallest absolute Gasteiger partial charge is 0.0453 e. The number of benzene rings is 2. The molecule has 1 nitrogen and oxygen atoms in total. The van der Waals surface area contributed by atoms with E-state index in [0.29, 0.717) is 5.02 Å². The van der Waals surface area contributed by atoms with Gasteiger partial charge in [-0.3, -0.25) is 0 Å². The lowest BCUT2D eigenvalue weighted by atomic mass is 9.71. The van der Waals surface area contributed by atoms with Crippen LogP contribution >= 0.6 is 23.2 Å². The molecule has 0 atom stereocenters. The zero-order chi connectivity index (χ0) is 14.2. The van der Waals surface area contributed by atoms with Crippen LogP contribution in [0.25, 0.3) is 0 Å². The molecule has 104 valence electrons. The van der Waals surface area contributed by atoms with Gasteiger partial charge in [0.1, 0.15) is 0 Å². The van der Waals surface area contributed by atoms with Crippen molar-refractivity contribution in [3.8, 4) is 0 Å². The first-order valence-corrected chi connectivity index (χ1v) is 7.56. The van der Waals surface area contributed by atoms with Gasteiger partial charge in [-0.25, -0.2) is 0 Å². The summed E-state index contributed by atoms with van der Waals surface area (Å²) in [7, 11) is 0. The standard InChI is InChI=1S/C17H17Cl2N/c1-12-2-5-14(6-3-12)17(10-20-11-17)9-13-4-7-15(18)8-16(13)19/h2-8,20H,9-11H2,1H3. The monoisotopic (exact) mass is 305 g/mol. The van der Waals surface area contributed by atoms with Gasteiger partial charge in [0.15, 0.2) is 0 Å². The van der Waals surface area contributed by atoms with Crippen molar-refractivity contribution in [3.63, 3.8) is 0 Å². The molecule has 0 aromatic heterocycles. The zero-order valence-corrected chi connectivity index (χ0v) is 12.9. The molecule has 1 heterocycles. The van der Waals surface area contributed by atoms with E-state index in [0.717, 1.165) is 30.1 Å². The largest absolute Gasteiger partial charge is 0.315 e. The highest BCUT2D eigenvalue weighted by Gasteiger charge is 2.39. The number of rotatable bonds is 3. The van der Waals surface area contributed by atoms with Gasteiger partial charge in [-0.15, -0.1) is 0 Å². The van der Waals surface area contributed by atoms with Crippen LogP contribution in [-0.2, 0) is 11.8 Å². The Labute approximate surface area is 129 Å². The van der Waals surface area contributed by atoms with E-state index in [1.165, 1.54) is 11.1 Å². The van der Waals surface area contributed by atoms with Crippen molar-refractivity contribution in [2.75, 3.05) is 13.1 Å². The minimum atomic E-state index is 0.158. The van der Waals surface area contributed by atoms with E-state index in [1.54, 1.807) is 0 Å². The second-order valence-corrected chi connectivity index (χ2v) is 6.51. The highest BCUT2D eigenvalue weighted by Crippen LogP contribution is 2.35. The van der Waals surface area contributed by atoms with Crippen LogP contribution in [0.3, 0.4) is 0 Å². The quantitative estimate of drug-likeness (QED) is 0.887. The first-order chi connectivity index (χ1) is 9.59. The van der Waals surface area contributed by atoms with Gasteiger partial charge >= 0.3 is 0 Å². The van der Waals surface area contributed by atoms with Crippen molar-refractivity contribution < 1.29 is 0 Å². The van der Waals surface area contributed by atoms with E-state index in [4.69, 9.17) is 23.2 Å². The summed E-state index contributed by atoms with van der Waals surface area (Å²) < 4.78 is 0. The van der Waals surface area contributed by atoms with Gasteiger partial charge in [-0.1, -0.05) is 59.1 Å². The summed E-state index contributed by atoms with van der Waals surface area (Å²) in [6, 6.07) is 14.6. The highest BCUT2D eigenvalue weighted by atomic mass is 35.5. The van der Waals surface area contributed by atoms with Gasteiger partial charge < -0.3 is 5.32 Å². The molecule has 0 radical (unpaired) electrons. The van der Waals surface area contributed by atoms with Gasteiger partial charge in [0.05, 0.1) is 0 Å². The Balaban J connectivity index is 1.91. The molecule has 0 unspecified atom stereocenters. The Morgan fingerprint density at radius 3 is 2.30 bits per heavy atom. The number of aryl methyl sites for hydroxylation is 1. The normalized spacial score (nSPS) is 16.8. The van der Waals surface area contributed by atoms with E-state index in [9.17, 15) is 0 Å². The molecule has 20 heavy (non-hydrogen) atoms. The van der Waals surface area contributed by atoms with Crippen molar-refractivity contribution >= 4 is 23.2 Å². The summed E-state index contributed by atoms with van der Waals surface area (Å²) in [4.78, 5) is 0. The van der Waals surface area contributed by atoms with Gasteiger partial charge in [0, 0.05) is 28.5 Å². The molecular formula is C17H17Cl2N. The van der Waals surface area contributed by atoms with Crippen LogP contribution in [-0.4, -0.2) is 13.1 Å². The van der Waals surface area contributed by atoms with Crippen LogP contribution in [0, 0.1) is 6.92 Å². The predicted octanol–water partition coefficient (Wildman–Crippen LogP) is 4.39. The molecule has 1 saturated heterocycles. The first-order valence-electron chi connectivity index (χ1n) is 6.81. The van der Waals surface area contributed by atoms with Gasteiger partial charge in [0.2, 0.25) is 0 Å². The average molecular weight is 306 g/mol. The Bertz CT molecular complexity index is 615. The molecule has 1 aliphatic heterocycles. The first kappa shape index (κ1) is 13.9. The van der Waals surface area contributed by atoms with Crippen molar-refractivity contribution in [1.82, 2.24) is 5.32 Å². The summed E-state index contributed by atoms with van der Waals surface area (Å²) >= 11 is 12.3. The summed E-state index contributed by atoms with van der Waals surface area (Å²) in [5.74, 6) is 0. The highest BCUT2D eigenvalue weighted by molar-refractivity contribution is 6.35. The van der Waals surface area contributed by atoms with Crippen LogP contribution in [0.5, 0.6) is 0 Å². The molecule has 0 saturated carbocycles. The lowest BCUT2D eigenvalue weighted by Gasteiger charge is -2.43. The predicted molar refractivity (Wildman–Crippen MR) is 85.9 cm³/mol. The van der Waals surface area contributed by atoms with E-state index in [1.807, 2.05) is 18.2 Å². The maximum absolute atomic E-state index is 6.32. The molecule has 2 aromatic carbocycles. The maximum atomic E-state index is 6.32. The summed E-state index contributed by atoms with van der Waals surface area (Å²) in [6.07, 6.45) is 0.944. The second kappa shape index (κ2) is 5.40. The van der Waals surface area contributed by atoms with Crippen LogP contribution in [0.1, 0.15) is 16.7 Å². The fourth-order valence-corrected chi connectivity index (χ4v) is 3.27. The molecule has 1 fully saturated rings. The van der Waals surface area contributed by atoms with Crippen LogP contribution in [0.15, 0.2) is 42.5 Å². The molecule has 0 bridgehead atoms. The minimum absolute atomic E-state index is 0.158. The molecule has 3 heteroatoms. The molecular weight excluding hydrogens is 289 g/mol. The third-order valence-corrected chi connectivity index (χ3v) is 4.72. The Morgan fingerprint density at radius 1 is 1.05 bits per heavy atom. The molecule has 0 amide bonds. The van der Waals surface area contributed by atoms with Crippen molar-refractivity contribution in [2.24, 2.45) is 0 Å². The molecule has 0 aliphatic carbocycles. The average Bonchev–Trinajstić information content (AvgIpc) is 2.37. The van der Waals surface area contributed by atoms with E-state index in [2.05, 4.69) is 36.5 Å². The minimum Gasteiger partial charge on any atom is -0.315 e. The number of halogens is 2. The van der Waals surface area contributed by atoms with Crippen molar-refractivity contribution in [2.45, 2.75) is 18.8 Å². The topological polar surface area (TPSA) is 12.0 Å². The van der Waals surface area contributed by atoms with Crippen molar-refractivity contribution in [1.29, 1.82) is 0 Å². The Morgan fingerprint density at radius 2 is 1.75 bits per heavy atom. The SMILES string of the molecule is Cc1ccc(C2(Cc3ccc(Cl)cc3Cl)CNC2)cc1. The summed E-state index contributed by atoms with van der Waals surface area (Å²) in [6.45, 7) is 4.11. The fourth-order valence-electron chi connectivity index (χ4n) is 2.79. The fraction of sp³-hybridized carbons (Fsp3) is 0.294. The van der Waals surface area contributed by atoms with E-state index >= 15 is 0 Å². The second-order valence-electron chi connectivity index (χ2n) is 5.66. The van der Waals surface area contributed by atoms with Gasteiger partial charge in [-0.05, 0) is 36.6 Å². The third-order valence-electron chi connectivity index (χ3n) is 4.13. The van der Waals surface area contributed by atoms with Crippen LogP contribution in [0.2, 0.25) is 10.0 Å². The van der Waals surface area contributed by atoms with Crippen LogP contribution in [0.4, 0.5) is 0 Å². The molecule has 1 N–H and O–H groups in total. The molecule has 2 aromatic rings. The summed E-state index contributed by atoms with van der Waals surface area (Å²) in [5.41, 5.74) is 4.00. The van der Waals surface area contributed by atoms with Crippen LogP contribution < -0.4 is 5.32 Å². The zero-order valence-electron chi connectivity index (χ0n) is 11.4. The number of hydrogen-bond acceptors (Lipinski definition) is 1. The lowest BCUT2D eigenvalue weighted by molar-refractivity contribution is 0.275. The molecule has 1 aliphatic rings. The number of hydrogen-bond donors (Lipinski definition) is 1. The lowest BCUT2D eigenvalue weighted by Crippen LogP contribution is -2.58. The van der Waals surface area contributed by atoms with Gasteiger partial charge in [-0.2, -0.15) is 0 Å². The molecule has 0 spiro atoms.